The van der Waals surface area contributed by atoms with Gasteiger partial charge in [0.05, 0.1) is 12.7 Å². The Labute approximate surface area is 109 Å². The first-order chi connectivity index (χ1) is 8.58. The van der Waals surface area contributed by atoms with Crippen molar-refractivity contribution >= 4 is 6.03 Å². The van der Waals surface area contributed by atoms with Gasteiger partial charge in [-0.05, 0) is 31.6 Å². The van der Waals surface area contributed by atoms with Crippen molar-refractivity contribution in [2.75, 3.05) is 19.8 Å². The van der Waals surface area contributed by atoms with Crippen LogP contribution in [0.15, 0.2) is 0 Å². The molecule has 0 aromatic rings. The van der Waals surface area contributed by atoms with Crippen molar-refractivity contribution in [2.45, 2.75) is 51.7 Å². The lowest BCUT2D eigenvalue weighted by Gasteiger charge is -2.26. The molecule has 1 fully saturated rings. The van der Waals surface area contributed by atoms with Crippen molar-refractivity contribution in [1.29, 1.82) is 0 Å². The van der Waals surface area contributed by atoms with Crippen LogP contribution in [0.5, 0.6) is 0 Å². The van der Waals surface area contributed by atoms with Gasteiger partial charge in [-0.1, -0.05) is 13.8 Å². The fraction of sp³-hybridized carbons (Fsp3) is 0.923. The SMILES string of the molecule is CC(C)COCCNC(=O)NC1CCC(O)CC1. The molecule has 2 amide bonds. The molecule has 5 nitrogen and oxygen atoms in total. The van der Waals surface area contributed by atoms with E-state index in [9.17, 15) is 9.90 Å². The highest BCUT2D eigenvalue weighted by molar-refractivity contribution is 5.74. The van der Waals surface area contributed by atoms with Gasteiger partial charge in [0.15, 0.2) is 0 Å². The van der Waals surface area contributed by atoms with Crippen LogP contribution in [0.25, 0.3) is 0 Å². The average Bonchev–Trinajstić information content (AvgIpc) is 2.31. The van der Waals surface area contributed by atoms with Gasteiger partial charge in [0.25, 0.3) is 0 Å². The number of ether oxygens (including phenoxy) is 1. The van der Waals surface area contributed by atoms with Gasteiger partial charge in [-0.15, -0.1) is 0 Å². The minimum atomic E-state index is -0.185. The smallest absolute Gasteiger partial charge is 0.315 e. The lowest BCUT2D eigenvalue weighted by atomic mass is 9.93. The maximum atomic E-state index is 11.5. The largest absolute Gasteiger partial charge is 0.393 e. The number of carbonyl (C=O) groups excluding carboxylic acids is 1. The van der Waals surface area contributed by atoms with E-state index in [0.29, 0.717) is 19.1 Å². The Hall–Kier alpha value is -0.810. The topological polar surface area (TPSA) is 70.6 Å². The van der Waals surface area contributed by atoms with Gasteiger partial charge in [-0.2, -0.15) is 0 Å². The molecule has 0 bridgehead atoms. The lowest BCUT2D eigenvalue weighted by Crippen LogP contribution is -2.45. The normalized spacial score (nSPS) is 24.0. The molecule has 0 radical (unpaired) electrons. The highest BCUT2D eigenvalue weighted by Crippen LogP contribution is 2.17. The summed E-state index contributed by atoms with van der Waals surface area (Å²) in [4.78, 5) is 11.5. The maximum Gasteiger partial charge on any atom is 0.315 e. The highest BCUT2D eigenvalue weighted by Gasteiger charge is 2.20. The van der Waals surface area contributed by atoms with Gasteiger partial charge in [-0.3, -0.25) is 0 Å². The van der Waals surface area contributed by atoms with Crippen LogP contribution in [0.3, 0.4) is 0 Å². The van der Waals surface area contributed by atoms with E-state index in [1.807, 2.05) is 0 Å². The lowest BCUT2D eigenvalue weighted by molar-refractivity contribution is 0.110. The first-order valence-corrected chi connectivity index (χ1v) is 6.88. The first kappa shape index (κ1) is 15.2. The van der Waals surface area contributed by atoms with Crippen LogP contribution in [0.1, 0.15) is 39.5 Å². The summed E-state index contributed by atoms with van der Waals surface area (Å²) in [6.45, 7) is 6.00. The molecule has 0 aliphatic heterocycles. The molecule has 0 unspecified atom stereocenters. The summed E-state index contributed by atoms with van der Waals surface area (Å²) in [6, 6.07) is 0.0644. The number of carbonyl (C=O) groups is 1. The Morgan fingerprint density at radius 1 is 1.33 bits per heavy atom. The van der Waals surface area contributed by atoms with Crippen molar-refractivity contribution in [3.05, 3.63) is 0 Å². The van der Waals surface area contributed by atoms with E-state index in [0.717, 1.165) is 32.3 Å². The van der Waals surface area contributed by atoms with Gasteiger partial charge in [0.2, 0.25) is 0 Å². The Morgan fingerprint density at radius 2 is 2.00 bits per heavy atom. The zero-order valence-electron chi connectivity index (χ0n) is 11.4. The van der Waals surface area contributed by atoms with Crippen molar-refractivity contribution in [3.63, 3.8) is 0 Å². The zero-order valence-corrected chi connectivity index (χ0v) is 11.4. The predicted molar refractivity (Wildman–Crippen MR) is 70.5 cm³/mol. The van der Waals surface area contributed by atoms with E-state index in [-0.39, 0.29) is 18.2 Å². The molecule has 1 aliphatic rings. The van der Waals surface area contributed by atoms with Crippen molar-refractivity contribution in [1.82, 2.24) is 10.6 Å². The van der Waals surface area contributed by atoms with E-state index in [1.54, 1.807) is 0 Å². The van der Waals surface area contributed by atoms with Crippen LogP contribution < -0.4 is 10.6 Å². The molecule has 5 heteroatoms. The molecular formula is C13H26N2O3. The third-order valence-corrected chi connectivity index (χ3v) is 3.02. The van der Waals surface area contributed by atoms with Crippen molar-refractivity contribution in [3.8, 4) is 0 Å². The summed E-state index contributed by atoms with van der Waals surface area (Å²) in [5, 5.41) is 15.1. The minimum Gasteiger partial charge on any atom is -0.393 e. The summed E-state index contributed by atoms with van der Waals surface area (Å²) in [7, 11) is 0. The van der Waals surface area contributed by atoms with E-state index in [4.69, 9.17) is 4.74 Å². The second-order valence-corrected chi connectivity index (χ2v) is 5.37. The van der Waals surface area contributed by atoms with Crippen LogP contribution >= 0.6 is 0 Å². The molecule has 0 atom stereocenters. The molecule has 0 aromatic carbocycles. The summed E-state index contributed by atoms with van der Waals surface area (Å²) in [5.74, 6) is 0.521. The second kappa shape index (κ2) is 8.32. The Kier molecular flexibility index (Phi) is 7.05. The van der Waals surface area contributed by atoms with Gasteiger partial charge >= 0.3 is 6.03 Å². The van der Waals surface area contributed by atoms with Crippen LogP contribution in [0.2, 0.25) is 0 Å². The van der Waals surface area contributed by atoms with Crippen LogP contribution in [-0.2, 0) is 4.74 Å². The number of aliphatic hydroxyl groups is 1. The standard InChI is InChI=1S/C13H26N2O3/c1-10(2)9-18-8-7-14-13(17)15-11-3-5-12(16)6-4-11/h10-12,16H,3-9H2,1-2H3,(H2,14,15,17). The van der Waals surface area contributed by atoms with Gasteiger partial charge in [-0.25, -0.2) is 4.79 Å². The van der Waals surface area contributed by atoms with Gasteiger partial charge in [0, 0.05) is 19.2 Å². The number of hydrogen-bond donors (Lipinski definition) is 3. The molecule has 3 N–H and O–H groups in total. The van der Waals surface area contributed by atoms with Crippen LogP contribution in [-0.4, -0.2) is 43.0 Å². The first-order valence-electron chi connectivity index (χ1n) is 6.88. The second-order valence-electron chi connectivity index (χ2n) is 5.37. The van der Waals surface area contributed by atoms with E-state index in [2.05, 4.69) is 24.5 Å². The molecule has 0 spiro atoms. The predicted octanol–water partition coefficient (Wildman–Crippen LogP) is 1.26. The fourth-order valence-corrected chi connectivity index (χ4v) is 2.01. The van der Waals surface area contributed by atoms with Crippen LogP contribution in [0.4, 0.5) is 4.79 Å². The Morgan fingerprint density at radius 3 is 2.61 bits per heavy atom. The average molecular weight is 258 g/mol. The van der Waals surface area contributed by atoms with E-state index in [1.165, 1.54) is 0 Å². The number of hydrogen-bond acceptors (Lipinski definition) is 3. The maximum absolute atomic E-state index is 11.5. The van der Waals surface area contributed by atoms with Gasteiger partial charge in [0.1, 0.15) is 0 Å². The molecule has 0 heterocycles. The molecule has 1 aliphatic carbocycles. The number of aliphatic hydroxyl groups excluding tert-OH is 1. The van der Waals surface area contributed by atoms with Crippen molar-refractivity contribution in [2.24, 2.45) is 5.92 Å². The third kappa shape index (κ3) is 6.81. The summed E-state index contributed by atoms with van der Waals surface area (Å²) >= 11 is 0. The fourth-order valence-electron chi connectivity index (χ4n) is 2.01. The Bertz CT molecular complexity index is 238. The third-order valence-electron chi connectivity index (χ3n) is 3.02. The van der Waals surface area contributed by atoms with Crippen molar-refractivity contribution < 1.29 is 14.6 Å². The quantitative estimate of drug-likeness (QED) is 0.628. The monoisotopic (exact) mass is 258 g/mol. The molecule has 1 rings (SSSR count). The molecular weight excluding hydrogens is 232 g/mol. The molecule has 1 saturated carbocycles. The van der Waals surface area contributed by atoms with Gasteiger partial charge < -0.3 is 20.5 Å². The molecule has 18 heavy (non-hydrogen) atoms. The number of rotatable bonds is 6. The highest BCUT2D eigenvalue weighted by atomic mass is 16.5. The molecule has 106 valence electrons. The summed E-state index contributed by atoms with van der Waals surface area (Å²) in [5.41, 5.74) is 0. The van der Waals surface area contributed by atoms with E-state index < -0.39 is 0 Å². The number of amides is 2. The zero-order chi connectivity index (χ0) is 13.4. The number of nitrogens with one attached hydrogen (secondary N) is 2. The summed E-state index contributed by atoms with van der Waals surface area (Å²) in [6.07, 6.45) is 3.09. The minimum absolute atomic E-state index is 0.135. The molecule has 0 aromatic heterocycles. The number of urea groups is 1. The Balaban J connectivity index is 2.00. The van der Waals surface area contributed by atoms with Crippen LogP contribution in [0, 0.1) is 5.92 Å². The van der Waals surface area contributed by atoms with E-state index >= 15 is 0 Å². The molecule has 0 saturated heterocycles. The summed E-state index contributed by atoms with van der Waals surface area (Å²) < 4.78 is 5.37.